The van der Waals surface area contributed by atoms with Crippen LogP contribution in [-0.2, 0) is 13.1 Å². The third-order valence-electron chi connectivity index (χ3n) is 3.04. The van der Waals surface area contributed by atoms with E-state index in [1.54, 1.807) is 13.2 Å². The topological polar surface area (TPSA) is 54.7 Å². The van der Waals surface area contributed by atoms with Gasteiger partial charge >= 0.3 is 5.63 Å². The molecule has 0 unspecified atom stereocenters. The van der Waals surface area contributed by atoms with Crippen molar-refractivity contribution in [2.75, 3.05) is 12.5 Å². The lowest BCUT2D eigenvalue weighted by Gasteiger charge is -2.15. The average molecular weight is 258 g/mol. The summed E-state index contributed by atoms with van der Waals surface area (Å²) in [6, 6.07) is 11.1. The van der Waals surface area contributed by atoms with E-state index >= 15 is 0 Å². The first-order valence-corrected chi connectivity index (χ1v) is 6.02. The van der Waals surface area contributed by atoms with Gasteiger partial charge in [-0.15, -0.1) is 0 Å². The zero-order valence-corrected chi connectivity index (χ0v) is 10.6. The highest BCUT2D eigenvalue weighted by Gasteiger charge is 2.20. The highest BCUT2D eigenvalue weighted by Crippen LogP contribution is 2.25. The summed E-state index contributed by atoms with van der Waals surface area (Å²) < 4.78 is 10.3. The van der Waals surface area contributed by atoms with Crippen LogP contribution in [0.1, 0.15) is 11.1 Å². The van der Waals surface area contributed by atoms with Crippen LogP contribution in [0.4, 0.5) is 5.88 Å². The lowest BCUT2D eigenvalue weighted by Crippen LogP contribution is -2.22. The fraction of sp³-hybridized carbons (Fsp3) is 0.214. The van der Waals surface area contributed by atoms with E-state index in [1.165, 1.54) is 6.07 Å². The first-order valence-electron chi connectivity index (χ1n) is 6.02. The summed E-state index contributed by atoms with van der Waals surface area (Å²) in [7, 11) is 1.65. The number of benzene rings is 1. The van der Waals surface area contributed by atoms with Gasteiger partial charge in [0, 0.05) is 24.7 Å². The molecule has 5 heteroatoms. The number of ether oxygens (including phenoxy) is 1. The Hall–Kier alpha value is -2.27. The number of hydrogen-bond donors (Lipinski definition) is 1. The average Bonchev–Trinajstić information content (AvgIpc) is 2.80. The van der Waals surface area contributed by atoms with Gasteiger partial charge in [-0.1, -0.05) is 12.1 Å². The van der Waals surface area contributed by atoms with E-state index in [0.29, 0.717) is 19.0 Å². The molecule has 98 valence electrons. The predicted molar refractivity (Wildman–Crippen MR) is 70.8 cm³/mol. The van der Waals surface area contributed by atoms with Crippen molar-refractivity contribution in [2.24, 2.45) is 0 Å². The summed E-state index contributed by atoms with van der Waals surface area (Å²) in [6.45, 7) is 1.41. The second-order valence-electron chi connectivity index (χ2n) is 4.43. The maximum Gasteiger partial charge on any atom is 0.337 e. The van der Waals surface area contributed by atoms with E-state index < -0.39 is 0 Å². The Kier molecular flexibility index (Phi) is 2.97. The third kappa shape index (κ3) is 2.46. The lowest BCUT2D eigenvalue weighted by molar-refractivity contribution is 0.328. The van der Waals surface area contributed by atoms with E-state index in [-0.39, 0.29) is 5.63 Å². The SMILES string of the molecule is COc1cccc(CN2Cc3ccc(=O)oc3N2)c1. The fourth-order valence-electron chi connectivity index (χ4n) is 2.14. The van der Waals surface area contributed by atoms with Crippen LogP contribution in [0.15, 0.2) is 45.6 Å². The maximum atomic E-state index is 11.1. The molecule has 0 spiro atoms. The summed E-state index contributed by atoms with van der Waals surface area (Å²) in [5, 5.41) is 1.99. The molecule has 1 aromatic heterocycles. The van der Waals surface area contributed by atoms with Crippen LogP contribution in [0.3, 0.4) is 0 Å². The predicted octanol–water partition coefficient (Wildman–Crippen LogP) is 1.99. The molecule has 2 aromatic rings. The maximum absolute atomic E-state index is 11.1. The molecule has 5 nitrogen and oxygen atoms in total. The highest BCUT2D eigenvalue weighted by molar-refractivity contribution is 5.43. The Bertz CT molecular complexity index is 651. The van der Waals surface area contributed by atoms with Crippen LogP contribution in [0.25, 0.3) is 0 Å². The minimum atomic E-state index is -0.338. The number of nitrogens with one attached hydrogen (secondary N) is 1. The van der Waals surface area contributed by atoms with Crippen molar-refractivity contribution in [2.45, 2.75) is 13.1 Å². The molecule has 19 heavy (non-hydrogen) atoms. The van der Waals surface area contributed by atoms with E-state index in [0.717, 1.165) is 16.9 Å². The van der Waals surface area contributed by atoms with Gasteiger partial charge < -0.3 is 9.15 Å². The molecule has 0 bridgehead atoms. The minimum Gasteiger partial charge on any atom is -0.497 e. The second kappa shape index (κ2) is 4.78. The Morgan fingerprint density at radius 3 is 3.11 bits per heavy atom. The van der Waals surface area contributed by atoms with Gasteiger partial charge in [0.05, 0.1) is 7.11 Å². The van der Waals surface area contributed by atoms with Crippen LogP contribution in [0, 0.1) is 0 Å². The number of nitrogens with zero attached hydrogens (tertiary/aromatic N) is 1. The molecular weight excluding hydrogens is 244 g/mol. The summed E-state index contributed by atoms with van der Waals surface area (Å²) in [5.74, 6) is 1.37. The van der Waals surface area contributed by atoms with Crippen LogP contribution >= 0.6 is 0 Å². The normalized spacial score (nSPS) is 13.9. The van der Waals surface area contributed by atoms with Gasteiger partial charge in [0.15, 0.2) is 0 Å². The first kappa shape index (κ1) is 11.8. The highest BCUT2D eigenvalue weighted by atomic mass is 16.5. The van der Waals surface area contributed by atoms with Gasteiger partial charge in [-0.25, -0.2) is 9.80 Å². The number of hydrogen-bond acceptors (Lipinski definition) is 5. The smallest absolute Gasteiger partial charge is 0.337 e. The monoisotopic (exact) mass is 258 g/mol. The molecule has 0 atom stereocenters. The molecule has 1 aromatic carbocycles. The summed E-state index contributed by atoms with van der Waals surface area (Å²) in [6.07, 6.45) is 0. The Morgan fingerprint density at radius 2 is 2.26 bits per heavy atom. The molecule has 0 saturated carbocycles. The molecule has 0 radical (unpaired) electrons. The number of methoxy groups -OCH3 is 1. The second-order valence-corrected chi connectivity index (χ2v) is 4.43. The summed E-state index contributed by atoms with van der Waals surface area (Å²) in [5.41, 5.74) is 4.86. The van der Waals surface area contributed by atoms with E-state index in [1.807, 2.05) is 29.3 Å². The number of fused-ring (bicyclic) bond motifs is 1. The van der Waals surface area contributed by atoms with Crippen LogP contribution in [-0.4, -0.2) is 12.1 Å². The zero-order chi connectivity index (χ0) is 13.2. The van der Waals surface area contributed by atoms with Crippen molar-refractivity contribution < 1.29 is 9.15 Å². The van der Waals surface area contributed by atoms with Gasteiger partial charge in [-0.2, -0.15) is 0 Å². The van der Waals surface area contributed by atoms with E-state index in [9.17, 15) is 4.79 Å². The van der Waals surface area contributed by atoms with E-state index in [4.69, 9.17) is 9.15 Å². The standard InChI is InChI=1S/C14H14N2O3/c1-18-12-4-2-3-10(7-12)8-16-9-11-5-6-13(17)19-14(11)15-16/h2-7,15H,8-9H2,1H3. The van der Waals surface area contributed by atoms with E-state index in [2.05, 4.69) is 5.43 Å². The molecule has 0 amide bonds. The Morgan fingerprint density at radius 1 is 1.37 bits per heavy atom. The molecule has 1 aliphatic heterocycles. The Balaban J connectivity index is 1.74. The van der Waals surface area contributed by atoms with Crippen LogP contribution in [0.2, 0.25) is 0 Å². The number of anilines is 1. The van der Waals surface area contributed by atoms with Gasteiger partial charge in [-0.3, -0.25) is 5.43 Å². The van der Waals surface area contributed by atoms with Crippen molar-refractivity contribution in [3.8, 4) is 5.75 Å². The lowest BCUT2D eigenvalue weighted by atomic mass is 10.2. The Labute approximate surface area is 110 Å². The summed E-state index contributed by atoms with van der Waals surface area (Å²) >= 11 is 0. The summed E-state index contributed by atoms with van der Waals surface area (Å²) in [4.78, 5) is 11.1. The van der Waals surface area contributed by atoms with Crippen LogP contribution in [0.5, 0.6) is 5.75 Å². The molecule has 2 heterocycles. The molecule has 3 rings (SSSR count). The largest absolute Gasteiger partial charge is 0.497 e. The molecule has 0 saturated heterocycles. The number of rotatable bonds is 3. The fourth-order valence-corrected chi connectivity index (χ4v) is 2.14. The van der Waals surface area contributed by atoms with Crippen molar-refractivity contribution >= 4 is 5.88 Å². The van der Waals surface area contributed by atoms with Crippen molar-refractivity contribution in [3.63, 3.8) is 0 Å². The van der Waals surface area contributed by atoms with Crippen LogP contribution < -0.4 is 15.8 Å². The van der Waals surface area contributed by atoms with Gasteiger partial charge in [0.2, 0.25) is 5.88 Å². The first-order chi connectivity index (χ1) is 9.24. The van der Waals surface area contributed by atoms with Crippen molar-refractivity contribution in [3.05, 3.63) is 57.9 Å². The zero-order valence-electron chi connectivity index (χ0n) is 10.6. The van der Waals surface area contributed by atoms with Gasteiger partial charge in [-0.05, 0) is 23.8 Å². The van der Waals surface area contributed by atoms with Crippen molar-refractivity contribution in [1.82, 2.24) is 5.01 Å². The quantitative estimate of drug-likeness (QED) is 0.912. The third-order valence-corrected chi connectivity index (χ3v) is 3.04. The van der Waals surface area contributed by atoms with Crippen molar-refractivity contribution in [1.29, 1.82) is 0 Å². The number of hydrazine groups is 1. The van der Waals surface area contributed by atoms with Gasteiger partial charge in [0.1, 0.15) is 5.75 Å². The molecule has 1 N–H and O–H groups in total. The molecule has 0 aliphatic carbocycles. The molecular formula is C14H14N2O3. The molecule has 1 aliphatic rings. The van der Waals surface area contributed by atoms with Gasteiger partial charge in [0.25, 0.3) is 0 Å². The molecule has 0 fully saturated rings. The minimum absolute atomic E-state index is 0.338.